The van der Waals surface area contributed by atoms with Crippen molar-refractivity contribution in [2.75, 3.05) is 0 Å². The van der Waals surface area contributed by atoms with Crippen LogP contribution in [0.3, 0.4) is 0 Å². The molecule has 4 aromatic carbocycles. The topological polar surface area (TPSA) is 44.8 Å². The smallest absolute Gasteiger partial charge is 0.203 e. The molecule has 4 rings (SSSR count). The van der Waals surface area contributed by atoms with E-state index in [9.17, 15) is 4.79 Å². The van der Waals surface area contributed by atoms with Crippen molar-refractivity contribution < 1.29 is 19.0 Å². The van der Waals surface area contributed by atoms with Crippen molar-refractivity contribution in [1.82, 2.24) is 0 Å². The molecular weight excluding hydrogens is 436 g/mol. The average molecular weight is 467 g/mol. The third kappa shape index (κ3) is 7.47. The maximum absolute atomic E-state index is 11.6. The third-order valence-corrected chi connectivity index (χ3v) is 5.55. The van der Waals surface area contributed by atoms with Crippen LogP contribution in [-0.2, 0) is 31.0 Å². The van der Waals surface area contributed by atoms with Gasteiger partial charge in [-0.2, -0.15) is 0 Å². The highest BCUT2D eigenvalue weighted by molar-refractivity contribution is 5.75. The maximum Gasteiger partial charge on any atom is 0.203 e. The molecule has 0 aliphatic carbocycles. The summed E-state index contributed by atoms with van der Waals surface area (Å²) in [6.45, 7) is 2.79. The molecule has 0 heterocycles. The van der Waals surface area contributed by atoms with Gasteiger partial charge in [0.15, 0.2) is 11.5 Å². The predicted molar refractivity (Wildman–Crippen MR) is 138 cm³/mol. The SMILES string of the molecule is CC(=O)CCc1cc(OCc2ccccc2)c(OCc2ccccc2)c(OCc2ccccc2)c1. The Morgan fingerprint density at radius 3 is 1.37 bits per heavy atom. The number of benzene rings is 4. The maximum atomic E-state index is 11.6. The highest BCUT2D eigenvalue weighted by atomic mass is 16.5. The first-order chi connectivity index (χ1) is 17.2. The molecule has 0 amide bonds. The number of carbonyl (C=O) groups excluding carboxylic acids is 1. The van der Waals surface area contributed by atoms with Gasteiger partial charge in [0.2, 0.25) is 5.75 Å². The van der Waals surface area contributed by atoms with Gasteiger partial charge in [-0.3, -0.25) is 0 Å². The quantitative estimate of drug-likeness (QED) is 0.227. The van der Waals surface area contributed by atoms with Crippen LogP contribution in [0.5, 0.6) is 17.2 Å². The summed E-state index contributed by atoms with van der Waals surface area (Å²) in [4.78, 5) is 11.6. The van der Waals surface area contributed by atoms with Gasteiger partial charge in [0.25, 0.3) is 0 Å². The zero-order valence-electron chi connectivity index (χ0n) is 20.0. The van der Waals surface area contributed by atoms with E-state index in [0.29, 0.717) is 49.9 Å². The second kappa shape index (κ2) is 12.4. The summed E-state index contributed by atoms with van der Waals surface area (Å²) in [6.07, 6.45) is 1.07. The van der Waals surface area contributed by atoms with Gasteiger partial charge in [-0.15, -0.1) is 0 Å². The monoisotopic (exact) mass is 466 g/mol. The molecule has 0 spiro atoms. The summed E-state index contributed by atoms with van der Waals surface area (Å²) >= 11 is 0. The molecule has 0 saturated carbocycles. The minimum absolute atomic E-state index is 0.146. The molecular formula is C31H30O4. The van der Waals surface area contributed by atoms with Crippen LogP contribution in [0.1, 0.15) is 35.6 Å². The fourth-order valence-corrected chi connectivity index (χ4v) is 3.65. The van der Waals surface area contributed by atoms with E-state index in [1.54, 1.807) is 6.92 Å². The summed E-state index contributed by atoms with van der Waals surface area (Å²) in [7, 11) is 0. The van der Waals surface area contributed by atoms with E-state index in [1.165, 1.54) is 0 Å². The van der Waals surface area contributed by atoms with E-state index in [2.05, 4.69) is 0 Å². The van der Waals surface area contributed by atoms with Crippen LogP contribution in [0.4, 0.5) is 0 Å². The number of hydrogen-bond donors (Lipinski definition) is 0. The third-order valence-electron chi connectivity index (χ3n) is 5.55. The Morgan fingerprint density at radius 2 is 0.971 bits per heavy atom. The summed E-state index contributed by atoms with van der Waals surface area (Å²) in [5, 5.41) is 0. The Morgan fingerprint density at radius 1 is 0.571 bits per heavy atom. The molecule has 4 heteroatoms. The zero-order valence-corrected chi connectivity index (χ0v) is 20.0. The normalized spacial score (nSPS) is 10.5. The average Bonchev–Trinajstić information content (AvgIpc) is 2.90. The standard InChI is InChI=1S/C31H30O4/c1-24(32)17-18-28-19-29(33-21-25-11-5-2-6-12-25)31(35-23-27-15-9-4-10-16-27)30(20-28)34-22-26-13-7-3-8-14-26/h2-16,19-20H,17-18,21-23H2,1H3. The molecule has 4 aromatic rings. The van der Waals surface area contributed by atoms with Crippen molar-refractivity contribution in [3.63, 3.8) is 0 Å². The van der Waals surface area contributed by atoms with Crippen LogP contribution in [0.15, 0.2) is 103 Å². The van der Waals surface area contributed by atoms with Gasteiger partial charge in [-0.25, -0.2) is 0 Å². The Kier molecular flexibility index (Phi) is 8.55. The summed E-state index contributed by atoms with van der Waals surface area (Å²) in [5.74, 6) is 1.92. The molecule has 4 nitrogen and oxygen atoms in total. The molecule has 0 aromatic heterocycles. The lowest BCUT2D eigenvalue weighted by atomic mass is 10.1. The van der Waals surface area contributed by atoms with Gasteiger partial charge < -0.3 is 19.0 Å². The molecule has 0 unspecified atom stereocenters. The first kappa shape index (κ1) is 24.1. The summed E-state index contributed by atoms with van der Waals surface area (Å²) in [6, 6.07) is 33.9. The Hall–Kier alpha value is -4.05. The van der Waals surface area contributed by atoms with Crippen molar-refractivity contribution in [3.05, 3.63) is 125 Å². The van der Waals surface area contributed by atoms with Gasteiger partial charge in [0, 0.05) is 6.42 Å². The lowest BCUT2D eigenvalue weighted by Gasteiger charge is -2.19. The van der Waals surface area contributed by atoms with Crippen LogP contribution in [-0.4, -0.2) is 5.78 Å². The fourth-order valence-electron chi connectivity index (χ4n) is 3.65. The number of Topliss-reactive ketones (excluding diaryl/α,β-unsaturated/α-hetero) is 1. The highest BCUT2D eigenvalue weighted by Gasteiger charge is 2.17. The zero-order chi connectivity index (χ0) is 24.3. The molecule has 0 bridgehead atoms. The minimum Gasteiger partial charge on any atom is -0.485 e. The first-order valence-electron chi connectivity index (χ1n) is 11.8. The lowest BCUT2D eigenvalue weighted by Crippen LogP contribution is -2.05. The van der Waals surface area contributed by atoms with E-state index in [0.717, 1.165) is 22.3 Å². The molecule has 178 valence electrons. The van der Waals surface area contributed by atoms with Crippen LogP contribution >= 0.6 is 0 Å². The summed E-state index contributed by atoms with van der Waals surface area (Å²) < 4.78 is 18.8. The van der Waals surface area contributed by atoms with E-state index < -0.39 is 0 Å². The highest BCUT2D eigenvalue weighted by Crippen LogP contribution is 2.40. The number of rotatable bonds is 12. The van der Waals surface area contributed by atoms with Crippen molar-refractivity contribution in [1.29, 1.82) is 0 Å². The molecule has 0 atom stereocenters. The van der Waals surface area contributed by atoms with Crippen molar-refractivity contribution >= 4 is 5.78 Å². The molecule has 0 N–H and O–H groups in total. The second-order valence-corrected chi connectivity index (χ2v) is 8.45. The van der Waals surface area contributed by atoms with Gasteiger partial charge >= 0.3 is 0 Å². The van der Waals surface area contributed by atoms with E-state index in [-0.39, 0.29) is 5.78 Å². The number of hydrogen-bond acceptors (Lipinski definition) is 4. The Bertz CT molecular complexity index is 1140. The molecule has 0 aliphatic heterocycles. The van der Waals surface area contributed by atoms with Crippen LogP contribution in [0.25, 0.3) is 0 Å². The van der Waals surface area contributed by atoms with Crippen molar-refractivity contribution in [3.8, 4) is 17.2 Å². The van der Waals surface area contributed by atoms with Crippen LogP contribution < -0.4 is 14.2 Å². The Labute approximate surface area is 207 Å². The molecule has 0 aliphatic rings. The van der Waals surface area contributed by atoms with Gasteiger partial charge in [0.05, 0.1) is 0 Å². The number of ether oxygens (including phenoxy) is 3. The number of aryl methyl sites for hydroxylation is 1. The predicted octanol–water partition coefficient (Wildman–Crippen LogP) is 6.95. The van der Waals surface area contributed by atoms with E-state index in [1.807, 2.05) is 103 Å². The van der Waals surface area contributed by atoms with Gasteiger partial charge in [0.1, 0.15) is 25.6 Å². The van der Waals surface area contributed by atoms with Gasteiger partial charge in [-0.1, -0.05) is 91.0 Å². The summed E-state index contributed by atoms with van der Waals surface area (Å²) in [5.41, 5.74) is 4.14. The van der Waals surface area contributed by atoms with E-state index in [4.69, 9.17) is 14.2 Å². The molecule has 35 heavy (non-hydrogen) atoms. The van der Waals surface area contributed by atoms with Crippen molar-refractivity contribution in [2.45, 2.75) is 39.6 Å². The second-order valence-electron chi connectivity index (χ2n) is 8.45. The number of ketones is 1. The largest absolute Gasteiger partial charge is 0.485 e. The molecule has 0 fully saturated rings. The van der Waals surface area contributed by atoms with Crippen molar-refractivity contribution in [2.24, 2.45) is 0 Å². The first-order valence-corrected chi connectivity index (χ1v) is 11.8. The lowest BCUT2D eigenvalue weighted by molar-refractivity contribution is -0.116. The Balaban J connectivity index is 1.65. The minimum atomic E-state index is 0.146. The van der Waals surface area contributed by atoms with Crippen LogP contribution in [0.2, 0.25) is 0 Å². The number of carbonyl (C=O) groups is 1. The molecule has 0 radical (unpaired) electrons. The fraction of sp³-hybridized carbons (Fsp3) is 0.194. The molecule has 0 saturated heterocycles. The van der Waals surface area contributed by atoms with Crippen LogP contribution in [0, 0.1) is 0 Å². The van der Waals surface area contributed by atoms with E-state index >= 15 is 0 Å². The van der Waals surface area contributed by atoms with Gasteiger partial charge in [-0.05, 0) is 47.7 Å².